The van der Waals surface area contributed by atoms with Gasteiger partial charge in [-0.05, 0) is 36.5 Å². The second kappa shape index (κ2) is 4.95. The largest absolute Gasteiger partial charge is 0.351 e. The molecule has 1 atom stereocenters. The molecule has 1 N–H and O–H groups in total. The van der Waals surface area contributed by atoms with E-state index < -0.39 is 0 Å². The van der Waals surface area contributed by atoms with E-state index in [2.05, 4.69) is 27.3 Å². The third kappa shape index (κ3) is 1.95. The Balaban J connectivity index is 1.92. The Morgan fingerprint density at radius 1 is 1.56 bits per heavy atom. The zero-order valence-corrected chi connectivity index (χ0v) is 10.5. The predicted octanol–water partition coefficient (Wildman–Crippen LogP) is 1.26. The number of rotatable bonds is 2. The minimum Gasteiger partial charge on any atom is -0.351 e. The molecule has 18 heavy (non-hydrogen) atoms. The molecule has 1 saturated heterocycles. The molecule has 94 valence electrons. The number of aryl methyl sites for hydroxylation is 1. The average Bonchev–Trinajstić information content (AvgIpc) is 2.44. The lowest BCUT2D eigenvalue weighted by molar-refractivity contribution is 0.435. The molecule has 0 aliphatic carbocycles. The fraction of sp³-hybridized carbons (Fsp3) is 0.571. The van der Waals surface area contributed by atoms with Crippen LogP contribution in [0.25, 0.3) is 0 Å². The van der Waals surface area contributed by atoms with Crippen molar-refractivity contribution >= 4 is 5.82 Å². The summed E-state index contributed by atoms with van der Waals surface area (Å²) in [6.07, 6.45) is 5.66. The number of aromatic nitrogens is 1. The van der Waals surface area contributed by atoms with E-state index in [1.807, 2.05) is 6.20 Å². The Labute approximate surface area is 108 Å². The van der Waals surface area contributed by atoms with Gasteiger partial charge >= 0.3 is 0 Å². The topological polar surface area (TPSA) is 52.0 Å². The normalized spacial score (nSPS) is 21.9. The molecule has 0 saturated carbocycles. The Morgan fingerprint density at radius 2 is 2.50 bits per heavy atom. The number of nitriles is 1. The van der Waals surface area contributed by atoms with Crippen molar-refractivity contribution in [1.82, 2.24) is 10.3 Å². The van der Waals surface area contributed by atoms with Crippen LogP contribution >= 0.6 is 0 Å². The van der Waals surface area contributed by atoms with Crippen molar-refractivity contribution in [2.24, 2.45) is 0 Å². The molecule has 3 heterocycles. The molecular formula is C14H18N4. The van der Waals surface area contributed by atoms with E-state index in [0.717, 1.165) is 32.5 Å². The standard InChI is InChI=1S/C14H18N4/c15-6-1-2-11-5-7-17-14-13(11)4-3-12-10-16-8-9-18(12)14/h5,7,12,16H,1-4,8-10H2. The molecule has 1 aromatic rings. The van der Waals surface area contributed by atoms with Crippen molar-refractivity contribution in [1.29, 1.82) is 5.26 Å². The molecule has 1 fully saturated rings. The summed E-state index contributed by atoms with van der Waals surface area (Å²) >= 11 is 0. The lowest BCUT2D eigenvalue weighted by atomic mass is 9.92. The van der Waals surface area contributed by atoms with Gasteiger partial charge in [0.05, 0.1) is 6.07 Å². The summed E-state index contributed by atoms with van der Waals surface area (Å²) in [6, 6.07) is 4.92. The lowest BCUT2D eigenvalue weighted by Crippen LogP contribution is -2.53. The quantitative estimate of drug-likeness (QED) is 0.848. The van der Waals surface area contributed by atoms with Crippen LogP contribution in [0.2, 0.25) is 0 Å². The highest BCUT2D eigenvalue weighted by molar-refractivity contribution is 5.54. The number of nitrogens with one attached hydrogen (secondary N) is 1. The first kappa shape index (κ1) is 11.5. The van der Waals surface area contributed by atoms with E-state index in [1.54, 1.807) is 0 Å². The van der Waals surface area contributed by atoms with Crippen LogP contribution in [-0.4, -0.2) is 30.7 Å². The van der Waals surface area contributed by atoms with Crippen LogP contribution in [0.15, 0.2) is 12.3 Å². The van der Waals surface area contributed by atoms with Crippen molar-refractivity contribution in [2.75, 3.05) is 24.5 Å². The Bertz CT molecular complexity index is 477. The monoisotopic (exact) mass is 242 g/mol. The number of anilines is 1. The van der Waals surface area contributed by atoms with Gasteiger partial charge in [-0.25, -0.2) is 4.98 Å². The van der Waals surface area contributed by atoms with Crippen molar-refractivity contribution in [3.8, 4) is 6.07 Å². The van der Waals surface area contributed by atoms with Gasteiger partial charge in [0.25, 0.3) is 0 Å². The molecule has 2 aliphatic rings. The summed E-state index contributed by atoms with van der Waals surface area (Å²) < 4.78 is 0. The maximum atomic E-state index is 8.73. The zero-order chi connectivity index (χ0) is 12.4. The van der Waals surface area contributed by atoms with Crippen LogP contribution in [-0.2, 0) is 12.8 Å². The summed E-state index contributed by atoms with van der Waals surface area (Å²) in [5, 5.41) is 12.2. The predicted molar refractivity (Wildman–Crippen MR) is 70.5 cm³/mol. The van der Waals surface area contributed by atoms with Crippen molar-refractivity contribution in [3.05, 3.63) is 23.4 Å². The van der Waals surface area contributed by atoms with Gasteiger partial charge in [0, 0.05) is 38.3 Å². The summed E-state index contributed by atoms with van der Waals surface area (Å²) in [5.41, 5.74) is 2.70. The molecule has 0 spiro atoms. The van der Waals surface area contributed by atoms with Crippen molar-refractivity contribution < 1.29 is 0 Å². The molecule has 4 nitrogen and oxygen atoms in total. The molecular weight excluding hydrogens is 224 g/mol. The van der Waals surface area contributed by atoms with Crippen LogP contribution in [0, 0.1) is 11.3 Å². The summed E-state index contributed by atoms with van der Waals surface area (Å²) in [4.78, 5) is 7.04. The fourth-order valence-corrected chi connectivity index (χ4v) is 3.07. The van der Waals surface area contributed by atoms with Gasteiger partial charge in [-0.2, -0.15) is 5.26 Å². The molecule has 0 radical (unpaired) electrons. The molecule has 3 rings (SSSR count). The average molecular weight is 242 g/mol. The summed E-state index contributed by atoms with van der Waals surface area (Å²) in [5.74, 6) is 1.17. The second-order valence-electron chi connectivity index (χ2n) is 5.02. The third-order valence-electron chi connectivity index (χ3n) is 3.99. The minimum absolute atomic E-state index is 0.599. The molecule has 2 aliphatic heterocycles. The molecule has 0 amide bonds. The van der Waals surface area contributed by atoms with E-state index in [-0.39, 0.29) is 0 Å². The lowest BCUT2D eigenvalue weighted by Gasteiger charge is -2.41. The summed E-state index contributed by atoms with van der Waals surface area (Å²) in [7, 11) is 0. The highest BCUT2D eigenvalue weighted by Crippen LogP contribution is 2.31. The highest BCUT2D eigenvalue weighted by Gasteiger charge is 2.30. The number of pyridine rings is 1. The Hall–Kier alpha value is -1.60. The van der Waals surface area contributed by atoms with Gasteiger partial charge in [0.15, 0.2) is 0 Å². The Morgan fingerprint density at radius 3 is 3.39 bits per heavy atom. The van der Waals surface area contributed by atoms with Crippen molar-refractivity contribution in [2.45, 2.75) is 31.7 Å². The van der Waals surface area contributed by atoms with Gasteiger partial charge in [-0.3, -0.25) is 0 Å². The molecule has 1 aromatic heterocycles. The van der Waals surface area contributed by atoms with Crippen LogP contribution in [0.5, 0.6) is 0 Å². The number of fused-ring (bicyclic) bond motifs is 3. The first-order chi connectivity index (χ1) is 8.90. The van der Waals surface area contributed by atoms with Crippen LogP contribution in [0.3, 0.4) is 0 Å². The van der Waals surface area contributed by atoms with Crippen molar-refractivity contribution in [3.63, 3.8) is 0 Å². The van der Waals surface area contributed by atoms with Crippen LogP contribution in [0.1, 0.15) is 24.0 Å². The highest BCUT2D eigenvalue weighted by atomic mass is 15.3. The molecule has 0 bridgehead atoms. The molecule has 4 heteroatoms. The molecule has 1 unspecified atom stereocenters. The first-order valence-corrected chi connectivity index (χ1v) is 6.71. The fourth-order valence-electron chi connectivity index (χ4n) is 3.07. The second-order valence-corrected chi connectivity index (χ2v) is 5.02. The summed E-state index contributed by atoms with van der Waals surface area (Å²) in [6.45, 7) is 3.16. The molecule has 0 aromatic carbocycles. The third-order valence-corrected chi connectivity index (χ3v) is 3.99. The van der Waals surface area contributed by atoms with Crippen LogP contribution in [0.4, 0.5) is 5.82 Å². The SMILES string of the molecule is N#CCCc1ccnc2c1CCC1CNCCN21. The van der Waals surface area contributed by atoms with E-state index in [9.17, 15) is 0 Å². The smallest absolute Gasteiger partial charge is 0.132 e. The van der Waals surface area contributed by atoms with E-state index >= 15 is 0 Å². The van der Waals surface area contributed by atoms with Gasteiger partial charge < -0.3 is 10.2 Å². The van der Waals surface area contributed by atoms with Gasteiger partial charge in [0.2, 0.25) is 0 Å². The van der Waals surface area contributed by atoms with E-state index in [4.69, 9.17) is 5.26 Å². The van der Waals surface area contributed by atoms with E-state index in [1.165, 1.54) is 23.4 Å². The first-order valence-electron chi connectivity index (χ1n) is 6.71. The van der Waals surface area contributed by atoms with Gasteiger partial charge in [0.1, 0.15) is 5.82 Å². The number of nitrogens with zero attached hydrogens (tertiary/aromatic N) is 3. The maximum absolute atomic E-state index is 8.73. The van der Waals surface area contributed by atoms with Gasteiger partial charge in [-0.1, -0.05) is 0 Å². The maximum Gasteiger partial charge on any atom is 0.132 e. The van der Waals surface area contributed by atoms with E-state index in [0.29, 0.717) is 12.5 Å². The number of hydrogen-bond acceptors (Lipinski definition) is 4. The number of piperazine rings is 1. The zero-order valence-electron chi connectivity index (χ0n) is 10.5. The van der Waals surface area contributed by atoms with Crippen LogP contribution < -0.4 is 10.2 Å². The Kier molecular flexibility index (Phi) is 3.16. The minimum atomic E-state index is 0.599. The van der Waals surface area contributed by atoms with Gasteiger partial charge in [-0.15, -0.1) is 0 Å². The number of hydrogen-bond donors (Lipinski definition) is 1.